The monoisotopic (exact) mass is 338 g/mol. The van der Waals surface area contributed by atoms with Crippen LogP contribution in [0.3, 0.4) is 0 Å². The van der Waals surface area contributed by atoms with Crippen molar-refractivity contribution >= 4 is 17.5 Å². The van der Waals surface area contributed by atoms with Crippen LogP contribution in [0.1, 0.15) is 19.3 Å². The van der Waals surface area contributed by atoms with E-state index in [1.165, 1.54) is 11.1 Å². The van der Waals surface area contributed by atoms with Gasteiger partial charge in [0.05, 0.1) is 12.0 Å². The summed E-state index contributed by atoms with van der Waals surface area (Å²) in [6.45, 7) is 0.635. The average molecular weight is 339 g/mol. The fourth-order valence-corrected chi connectivity index (χ4v) is 2.74. The summed E-state index contributed by atoms with van der Waals surface area (Å²) in [6, 6.07) is -0.749. The number of amides is 1. The van der Waals surface area contributed by atoms with E-state index in [4.69, 9.17) is 17.3 Å². The molecule has 1 saturated heterocycles. The minimum absolute atomic E-state index is 0.0602. The zero-order chi connectivity index (χ0) is 16.3. The Hall–Kier alpha value is -1.28. The second kappa shape index (κ2) is 6.87. The number of piperidine rings is 1. The predicted molar refractivity (Wildman–Crippen MR) is 75.2 cm³/mol. The van der Waals surface area contributed by atoms with Crippen LogP contribution in [0.2, 0.25) is 5.28 Å². The van der Waals surface area contributed by atoms with Crippen molar-refractivity contribution in [2.75, 3.05) is 13.1 Å². The van der Waals surface area contributed by atoms with Crippen LogP contribution in [0, 0.1) is 5.92 Å². The first-order valence-corrected chi connectivity index (χ1v) is 7.44. The summed E-state index contributed by atoms with van der Waals surface area (Å²) in [5.41, 5.74) is 5.84. The summed E-state index contributed by atoms with van der Waals surface area (Å²) in [5, 5.41) is 0.311. The van der Waals surface area contributed by atoms with E-state index in [2.05, 4.69) is 4.98 Å². The molecule has 1 aromatic heterocycles. The van der Waals surface area contributed by atoms with Crippen LogP contribution < -0.4 is 5.73 Å². The van der Waals surface area contributed by atoms with E-state index in [-0.39, 0.29) is 31.8 Å². The molecule has 0 aromatic carbocycles. The molecule has 1 atom stereocenters. The molecule has 22 heavy (non-hydrogen) atoms. The normalized spacial score (nSPS) is 18.5. The third kappa shape index (κ3) is 4.13. The van der Waals surface area contributed by atoms with Crippen molar-refractivity contribution in [3.05, 3.63) is 17.7 Å². The SMILES string of the molecule is NC(CCn1ccnc1Cl)C(=O)N1CCC(C(F)(F)F)CC1. The van der Waals surface area contributed by atoms with Gasteiger partial charge in [-0.15, -0.1) is 0 Å². The van der Waals surface area contributed by atoms with E-state index in [1.807, 2.05) is 0 Å². The molecule has 9 heteroatoms. The largest absolute Gasteiger partial charge is 0.391 e. The second-order valence-electron chi connectivity index (χ2n) is 5.43. The van der Waals surface area contributed by atoms with Gasteiger partial charge in [-0.2, -0.15) is 13.2 Å². The first kappa shape index (κ1) is 17.1. The number of imidazole rings is 1. The van der Waals surface area contributed by atoms with Gasteiger partial charge in [0.1, 0.15) is 0 Å². The molecule has 1 aromatic rings. The van der Waals surface area contributed by atoms with Gasteiger partial charge in [-0.25, -0.2) is 4.98 Å². The number of carbonyl (C=O) groups is 1. The summed E-state index contributed by atoms with van der Waals surface area (Å²) in [4.78, 5) is 17.4. The van der Waals surface area contributed by atoms with E-state index < -0.39 is 18.1 Å². The van der Waals surface area contributed by atoms with Crippen LogP contribution in [-0.2, 0) is 11.3 Å². The molecular formula is C13H18ClF3N4O. The van der Waals surface area contributed by atoms with Crippen molar-refractivity contribution < 1.29 is 18.0 Å². The number of aromatic nitrogens is 2. The molecule has 5 nitrogen and oxygen atoms in total. The minimum atomic E-state index is -4.19. The molecule has 1 fully saturated rings. The van der Waals surface area contributed by atoms with Gasteiger partial charge in [-0.3, -0.25) is 4.79 Å². The Kier molecular flexibility index (Phi) is 5.33. The molecule has 0 spiro atoms. The lowest BCUT2D eigenvalue weighted by atomic mass is 9.95. The fraction of sp³-hybridized carbons (Fsp3) is 0.692. The summed E-state index contributed by atoms with van der Waals surface area (Å²) < 4.78 is 39.4. The summed E-state index contributed by atoms with van der Waals surface area (Å²) >= 11 is 5.82. The van der Waals surface area contributed by atoms with Gasteiger partial charge in [0.15, 0.2) is 0 Å². The van der Waals surface area contributed by atoms with Gasteiger partial charge in [0.25, 0.3) is 0 Å². The Morgan fingerprint density at radius 3 is 2.59 bits per heavy atom. The number of carbonyl (C=O) groups excluding carboxylic acids is 1. The zero-order valence-electron chi connectivity index (χ0n) is 11.9. The summed E-state index contributed by atoms with van der Waals surface area (Å²) in [5.74, 6) is -1.63. The van der Waals surface area contributed by atoms with Gasteiger partial charge in [0, 0.05) is 32.0 Å². The third-order valence-electron chi connectivity index (χ3n) is 3.93. The smallest absolute Gasteiger partial charge is 0.341 e. The number of rotatable bonds is 4. The van der Waals surface area contributed by atoms with Crippen LogP contribution in [0.5, 0.6) is 0 Å². The van der Waals surface area contributed by atoms with Crippen molar-refractivity contribution in [2.45, 2.75) is 38.0 Å². The van der Waals surface area contributed by atoms with Gasteiger partial charge >= 0.3 is 6.18 Å². The van der Waals surface area contributed by atoms with Crippen LogP contribution in [0.25, 0.3) is 0 Å². The number of nitrogens with zero attached hydrogens (tertiary/aromatic N) is 3. The Balaban J connectivity index is 1.81. The molecule has 1 amide bonds. The van der Waals surface area contributed by atoms with E-state index in [1.54, 1.807) is 10.8 Å². The number of hydrogen-bond acceptors (Lipinski definition) is 3. The lowest BCUT2D eigenvalue weighted by Gasteiger charge is -2.34. The van der Waals surface area contributed by atoms with Crippen LogP contribution in [-0.4, -0.2) is 45.7 Å². The highest BCUT2D eigenvalue weighted by atomic mass is 35.5. The van der Waals surface area contributed by atoms with Gasteiger partial charge in [-0.1, -0.05) is 0 Å². The molecule has 2 rings (SSSR count). The lowest BCUT2D eigenvalue weighted by molar-refractivity contribution is -0.186. The fourth-order valence-electron chi connectivity index (χ4n) is 2.54. The second-order valence-corrected chi connectivity index (χ2v) is 5.76. The first-order valence-electron chi connectivity index (χ1n) is 7.06. The van der Waals surface area contributed by atoms with Crippen molar-refractivity contribution in [1.82, 2.24) is 14.5 Å². The predicted octanol–water partition coefficient (Wildman–Crippen LogP) is 2.05. The lowest BCUT2D eigenvalue weighted by Crippen LogP contribution is -2.48. The first-order chi connectivity index (χ1) is 10.3. The molecule has 0 aliphatic carbocycles. The third-order valence-corrected chi connectivity index (χ3v) is 4.25. The number of halogens is 4. The summed E-state index contributed by atoms with van der Waals surface area (Å²) in [6.07, 6.45) is -0.736. The Labute approximate surface area is 131 Å². The van der Waals surface area contributed by atoms with E-state index in [0.29, 0.717) is 18.2 Å². The Morgan fingerprint density at radius 1 is 1.45 bits per heavy atom. The topological polar surface area (TPSA) is 64.2 Å². The number of likely N-dealkylation sites (tertiary alicyclic amines) is 1. The maximum Gasteiger partial charge on any atom is 0.391 e. The average Bonchev–Trinajstić information content (AvgIpc) is 2.88. The maximum atomic E-state index is 12.6. The van der Waals surface area contributed by atoms with Crippen molar-refractivity contribution in [3.63, 3.8) is 0 Å². The highest BCUT2D eigenvalue weighted by Crippen LogP contribution is 2.34. The molecule has 0 saturated carbocycles. The van der Waals surface area contributed by atoms with Gasteiger partial charge in [0.2, 0.25) is 11.2 Å². The van der Waals surface area contributed by atoms with Crippen LogP contribution in [0.4, 0.5) is 13.2 Å². The quantitative estimate of drug-likeness (QED) is 0.914. The van der Waals surface area contributed by atoms with E-state index >= 15 is 0 Å². The van der Waals surface area contributed by atoms with Crippen molar-refractivity contribution in [1.29, 1.82) is 0 Å². The van der Waals surface area contributed by atoms with E-state index in [9.17, 15) is 18.0 Å². The van der Waals surface area contributed by atoms with Crippen LogP contribution in [0.15, 0.2) is 12.4 Å². The number of aryl methyl sites for hydroxylation is 1. The zero-order valence-corrected chi connectivity index (χ0v) is 12.6. The Morgan fingerprint density at radius 2 is 2.09 bits per heavy atom. The van der Waals surface area contributed by atoms with Gasteiger partial charge < -0.3 is 15.2 Å². The highest BCUT2D eigenvalue weighted by molar-refractivity contribution is 6.28. The molecular weight excluding hydrogens is 321 g/mol. The van der Waals surface area contributed by atoms with Crippen LogP contribution >= 0.6 is 11.6 Å². The highest BCUT2D eigenvalue weighted by Gasteiger charge is 2.42. The molecule has 1 unspecified atom stereocenters. The van der Waals surface area contributed by atoms with Crippen molar-refractivity contribution in [2.24, 2.45) is 11.7 Å². The minimum Gasteiger partial charge on any atom is -0.341 e. The molecule has 124 valence electrons. The number of alkyl halides is 3. The van der Waals surface area contributed by atoms with Crippen molar-refractivity contribution in [3.8, 4) is 0 Å². The molecule has 0 radical (unpaired) electrons. The molecule has 1 aliphatic heterocycles. The number of nitrogens with two attached hydrogens (primary N) is 1. The standard InChI is InChI=1S/C13H18ClF3N4O/c14-12-19-4-8-21(12)7-3-10(18)11(22)20-5-1-9(2-6-20)13(15,16)17/h4,8-10H,1-3,5-7,18H2. The molecule has 2 N–H and O–H groups in total. The summed E-state index contributed by atoms with van der Waals surface area (Å²) in [7, 11) is 0. The molecule has 2 heterocycles. The molecule has 0 bridgehead atoms. The van der Waals surface area contributed by atoms with Gasteiger partial charge in [-0.05, 0) is 30.9 Å². The Bertz CT molecular complexity index is 512. The molecule has 1 aliphatic rings. The van der Waals surface area contributed by atoms with E-state index in [0.717, 1.165) is 0 Å². The number of hydrogen-bond donors (Lipinski definition) is 1. The maximum absolute atomic E-state index is 12.6.